The molecule has 3 rings (SSSR count). The zero-order valence-electron chi connectivity index (χ0n) is 13.7. The predicted molar refractivity (Wildman–Crippen MR) is 96.0 cm³/mol. The normalized spacial score (nSPS) is 10.5. The largest absolute Gasteiger partial charge is 0.497 e. The number of nitrogens with one attached hydrogen (secondary N) is 1. The molecule has 0 fully saturated rings. The number of rotatable bonds is 6. The fourth-order valence-corrected chi connectivity index (χ4v) is 2.70. The average molecular weight is 357 g/mol. The Labute approximate surface area is 150 Å². The Morgan fingerprint density at radius 3 is 2.88 bits per heavy atom. The number of hydrogen-bond acceptors (Lipinski definition) is 4. The summed E-state index contributed by atoms with van der Waals surface area (Å²) in [6, 6.07) is 14.8. The number of amides is 1. The first-order chi connectivity index (χ1) is 12.2. The van der Waals surface area contributed by atoms with Gasteiger partial charge in [-0.25, -0.2) is 4.98 Å². The first-order valence-corrected chi connectivity index (χ1v) is 8.16. The minimum Gasteiger partial charge on any atom is -0.497 e. The van der Waals surface area contributed by atoms with E-state index in [1.165, 1.54) is 6.39 Å². The van der Waals surface area contributed by atoms with Crippen LogP contribution in [0.3, 0.4) is 0 Å². The number of ether oxygens (including phenoxy) is 1. The summed E-state index contributed by atoms with van der Waals surface area (Å²) in [5.41, 5.74) is 1.96. The van der Waals surface area contributed by atoms with Gasteiger partial charge in [0.2, 0.25) is 0 Å². The lowest BCUT2D eigenvalue weighted by molar-refractivity contribution is 0.0950. The van der Waals surface area contributed by atoms with Crippen LogP contribution in [0.4, 0.5) is 0 Å². The highest BCUT2D eigenvalue weighted by Gasteiger charge is 2.18. The molecule has 0 atom stereocenters. The highest BCUT2D eigenvalue weighted by Crippen LogP contribution is 2.26. The second-order valence-corrected chi connectivity index (χ2v) is 5.77. The molecular weight excluding hydrogens is 340 g/mol. The molecule has 2 aromatic carbocycles. The summed E-state index contributed by atoms with van der Waals surface area (Å²) in [4.78, 5) is 16.5. The molecule has 0 saturated carbocycles. The Bertz CT molecular complexity index is 876. The highest BCUT2D eigenvalue weighted by atomic mass is 35.5. The van der Waals surface area contributed by atoms with Gasteiger partial charge in [-0.2, -0.15) is 0 Å². The van der Waals surface area contributed by atoms with Gasteiger partial charge in [0, 0.05) is 17.1 Å². The summed E-state index contributed by atoms with van der Waals surface area (Å²) in [5, 5.41) is 3.54. The van der Waals surface area contributed by atoms with E-state index in [1.807, 2.05) is 42.5 Å². The number of aromatic nitrogens is 1. The monoisotopic (exact) mass is 356 g/mol. The molecule has 1 aromatic heterocycles. The van der Waals surface area contributed by atoms with E-state index < -0.39 is 0 Å². The lowest BCUT2D eigenvalue weighted by Gasteiger charge is -2.07. The van der Waals surface area contributed by atoms with E-state index in [1.54, 1.807) is 13.2 Å². The van der Waals surface area contributed by atoms with Crippen molar-refractivity contribution in [3.63, 3.8) is 0 Å². The maximum absolute atomic E-state index is 12.4. The van der Waals surface area contributed by atoms with Gasteiger partial charge in [0.1, 0.15) is 5.75 Å². The summed E-state index contributed by atoms with van der Waals surface area (Å²) in [5.74, 6) is 0.798. The Morgan fingerprint density at radius 1 is 1.24 bits per heavy atom. The fourth-order valence-electron chi connectivity index (χ4n) is 2.47. The maximum atomic E-state index is 12.4. The summed E-state index contributed by atoms with van der Waals surface area (Å²) >= 11 is 6.12. The number of halogens is 1. The van der Waals surface area contributed by atoms with E-state index in [4.69, 9.17) is 20.8 Å². The van der Waals surface area contributed by atoms with E-state index in [2.05, 4.69) is 10.3 Å². The van der Waals surface area contributed by atoms with Crippen molar-refractivity contribution in [3.8, 4) is 17.1 Å². The van der Waals surface area contributed by atoms with Crippen LogP contribution in [0.15, 0.2) is 59.3 Å². The zero-order valence-corrected chi connectivity index (χ0v) is 14.4. The third kappa shape index (κ3) is 4.00. The van der Waals surface area contributed by atoms with Gasteiger partial charge in [0.25, 0.3) is 5.91 Å². The molecule has 0 aliphatic rings. The molecule has 0 radical (unpaired) electrons. The minimum atomic E-state index is -0.293. The highest BCUT2D eigenvalue weighted by molar-refractivity contribution is 6.31. The van der Waals surface area contributed by atoms with E-state index in [9.17, 15) is 4.79 Å². The van der Waals surface area contributed by atoms with Crippen LogP contribution in [0.2, 0.25) is 5.02 Å². The van der Waals surface area contributed by atoms with Gasteiger partial charge >= 0.3 is 0 Å². The Morgan fingerprint density at radius 2 is 2.08 bits per heavy atom. The molecule has 0 bridgehead atoms. The van der Waals surface area contributed by atoms with Gasteiger partial charge < -0.3 is 14.5 Å². The Hall–Kier alpha value is -2.79. The van der Waals surface area contributed by atoms with Crippen molar-refractivity contribution < 1.29 is 13.9 Å². The molecule has 128 valence electrons. The maximum Gasteiger partial charge on any atom is 0.273 e. The van der Waals surface area contributed by atoms with Gasteiger partial charge in [0.15, 0.2) is 17.8 Å². The molecule has 1 amide bonds. The predicted octanol–water partition coefficient (Wildman–Crippen LogP) is 3.98. The van der Waals surface area contributed by atoms with Crippen LogP contribution in [-0.2, 0) is 6.42 Å². The summed E-state index contributed by atoms with van der Waals surface area (Å²) < 4.78 is 10.6. The lowest BCUT2D eigenvalue weighted by atomic mass is 10.1. The molecule has 0 aliphatic heterocycles. The van der Waals surface area contributed by atoms with Crippen LogP contribution in [0, 0.1) is 0 Å². The second-order valence-electron chi connectivity index (χ2n) is 5.36. The molecule has 0 spiro atoms. The van der Waals surface area contributed by atoms with E-state index in [-0.39, 0.29) is 11.6 Å². The molecule has 0 aliphatic carbocycles. The number of carbonyl (C=O) groups is 1. The van der Waals surface area contributed by atoms with Crippen LogP contribution in [0.1, 0.15) is 16.1 Å². The molecular formula is C19H17ClN2O3. The smallest absolute Gasteiger partial charge is 0.273 e. The molecule has 3 aromatic rings. The number of nitrogens with zero attached hydrogens (tertiary/aromatic N) is 1. The quantitative estimate of drug-likeness (QED) is 0.725. The molecule has 1 N–H and O–H groups in total. The van der Waals surface area contributed by atoms with E-state index >= 15 is 0 Å². The van der Waals surface area contributed by atoms with Crippen molar-refractivity contribution >= 4 is 17.5 Å². The van der Waals surface area contributed by atoms with Gasteiger partial charge in [-0.1, -0.05) is 41.9 Å². The number of hydrogen-bond donors (Lipinski definition) is 1. The topological polar surface area (TPSA) is 64.4 Å². The van der Waals surface area contributed by atoms with Crippen LogP contribution in [0.5, 0.6) is 5.75 Å². The van der Waals surface area contributed by atoms with E-state index in [0.717, 1.165) is 11.1 Å². The van der Waals surface area contributed by atoms with Gasteiger partial charge in [-0.05, 0) is 30.2 Å². The molecule has 1 heterocycles. The van der Waals surface area contributed by atoms with Crippen molar-refractivity contribution in [2.24, 2.45) is 0 Å². The first-order valence-electron chi connectivity index (χ1n) is 7.78. The number of methoxy groups -OCH3 is 1. The third-order valence-electron chi connectivity index (χ3n) is 3.75. The van der Waals surface area contributed by atoms with Crippen molar-refractivity contribution in [2.45, 2.75) is 6.42 Å². The Balaban J connectivity index is 1.69. The second kappa shape index (κ2) is 7.85. The standard InChI is InChI=1S/C19H17ClN2O3/c1-24-15-7-4-6-14(11-15)18-17(22-12-25-18)19(23)21-10-9-13-5-2-3-8-16(13)20/h2-8,11-12H,9-10H2,1H3,(H,21,23). The number of benzene rings is 2. The van der Waals surface area contributed by atoms with Crippen molar-refractivity contribution in [2.75, 3.05) is 13.7 Å². The summed E-state index contributed by atoms with van der Waals surface area (Å²) in [6.07, 6.45) is 1.90. The van der Waals surface area contributed by atoms with Gasteiger partial charge in [-0.15, -0.1) is 0 Å². The van der Waals surface area contributed by atoms with Crippen LogP contribution < -0.4 is 10.1 Å². The van der Waals surface area contributed by atoms with Crippen molar-refractivity contribution in [1.82, 2.24) is 10.3 Å². The van der Waals surface area contributed by atoms with Crippen molar-refractivity contribution in [1.29, 1.82) is 0 Å². The molecule has 25 heavy (non-hydrogen) atoms. The lowest BCUT2D eigenvalue weighted by Crippen LogP contribution is -2.26. The van der Waals surface area contributed by atoms with Crippen molar-refractivity contribution in [3.05, 3.63) is 71.2 Å². The minimum absolute atomic E-state index is 0.243. The van der Waals surface area contributed by atoms with Crippen LogP contribution >= 0.6 is 11.6 Å². The Kier molecular flexibility index (Phi) is 5.36. The first kappa shape index (κ1) is 17.0. The van der Waals surface area contributed by atoms with Crippen LogP contribution in [-0.4, -0.2) is 24.5 Å². The number of oxazole rings is 1. The van der Waals surface area contributed by atoms with Crippen LogP contribution in [0.25, 0.3) is 11.3 Å². The van der Waals surface area contributed by atoms with Gasteiger partial charge in [-0.3, -0.25) is 4.79 Å². The summed E-state index contributed by atoms with van der Waals surface area (Å²) in [6.45, 7) is 0.451. The molecule has 0 saturated heterocycles. The SMILES string of the molecule is COc1cccc(-c2ocnc2C(=O)NCCc2ccccc2Cl)c1. The molecule has 6 heteroatoms. The fraction of sp³-hybridized carbons (Fsp3) is 0.158. The van der Waals surface area contributed by atoms with E-state index in [0.29, 0.717) is 29.5 Å². The average Bonchev–Trinajstić information content (AvgIpc) is 3.13. The van der Waals surface area contributed by atoms with Gasteiger partial charge in [0.05, 0.1) is 7.11 Å². The summed E-state index contributed by atoms with van der Waals surface area (Å²) in [7, 11) is 1.59. The zero-order chi connectivity index (χ0) is 17.6. The number of carbonyl (C=O) groups excluding carboxylic acids is 1. The third-order valence-corrected chi connectivity index (χ3v) is 4.12. The molecule has 5 nitrogen and oxygen atoms in total. The molecule has 0 unspecified atom stereocenters.